The highest BCUT2D eigenvalue weighted by Gasteiger charge is 2.11. The van der Waals surface area contributed by atoms with E-state index in [1.807, 2.05) is 61.5 Å². The van der Waals surface area contributed by atoms with Gasteiger partial charge in [0.2, 0.25) is 5.88 Å². The molecule has 0 unspecified atom stereocenters. The molecule has 0 fully saturated rings. The van der Waals surface area contributed by atoms with Gasteiger partial charge in [0, 0.05) is 5.69 Å². The van der Waals surface area contributed by atoms with Gasteiger partial charge >= 0.3 is 0 Å². The predicted molar refractivity (Wildman–Crippen MR) is 103 cm³/mol. The molecule has 6 heteroatoms. The second kappa shape index (κ2) is 6.68. The number of nitrogens with zero attached hydrogens (tertiary/aromatic N) is 3. The van der Waals surface area contributed by atoms with Crippen LogP contribution in [-0.4, -0.2) is 15.0 Å². The van der Waals surface area contributed by atoms with Crippen LogP contribution in [0.25, 0.3) is 10.8 Å². The van der Waals surface area contributed by atoms with Gasteiger partial charge in [-0.3, -0.25) is 0 Å². The monoisotopic (exact) mass is 343 g/mol. The van der Waals surface area contributed by atoms with Gasteiger partial charge in [-0.05, 0) is 42.0 Å². The number of ether oxygens (including phenoxy) is 1. The van der Waals surface area contributed by atoms with Crippen molar-refractivity contribution in [1.29, 1.82) is 0 Å². The second-order valence-corrected chi connectivity index (χ2v) is 5.84. The van der Waals surface area contributed by atoms with Gasteiger partial charge in [0.25, 0.3) is 0 Å². The number of nitrogens with one attached hydrogen (secondary N) is 1. The predicted octanol–water partition coefficient (Wildman–Crippen LogP) is 4.45. The first kappa shape index (κ1) is 15.8. The molecule has 3 N–H and O–H groups in total. The smallest absolute Gasteiger partial charge is 0.248 e. The fourth-order valence-electron chi connectivity index (χ4n) is 2.64. The summed E-state index contributed by atoms with van der Waals surface area (Å²) in [5.41, 5.74) is 7.41. The normalized spacial score (nSPS) is 10.7. The SMILES string of the molecule is Cc1cccc(Nc2ncnc(Oc3ccc4ccccc4c3)c2N)n1. The van der Waals surface area contributed by atoms with E-state index in [4.69, 9.17) is 10.5 Å². The molecule has 0 aliphatic heterocycles. The standard InChI is InChI=1S/C20H17N5O/c1-13-5-4-8-17(24-13)25-19-18(21)20(23-12-22-19)26-16-10-9-14-6-2-3-7-15(14)11-16/h2-12H,21H2,1H3,(H,22,23,24,25). The van der Waals surface area contributed by atoms with Crippen LogP contribution in [0.3, 0.4) is 0 Å². The molecule has 2 heterocycles. The Morgan fingerprint density at radius 2 is 1.77 bits per heavy atom. The van der Waals surface area contributed by atoms with E-state index in [9.17, 15) is 0 Å². The molecule has 2 aromatic carbocycles. The third-order valence-electron chi connectivity index (χ3n) is 3.92. The summed E-state index contributed by atoms with van der Waals surface area (Å²) in [5.74, 6) is 2.07. The van der Waals surface area contributed by atoms with E-state index in [-0.39, 0.29) is 0 Å². The summed E-state index contributed by atoms with van der Waals surface area (Å²) in [7, 11) is 0. The van der Waals surface area contributed by atoms with Gasteiger partial charge in [0.05, 0.1) is 0 Å². The number of hydrogen-bond acceptors (Lipinski definition) is 6. The van der Waals surface area contributed by atoms with E-state index in [1.54, 1.807) is 0 Å². The highest BCUT2D eigenvalue weighted by Crippen LogP contribution is 2.31. The fourth-order valence-corrected chi connectivity index (χ4v) is 2.64. The largest absolute Gasteiger partial charge is 0.437 e. The minimum atomic E-state index is 0.297. The molecule has 2 aromatic heterocycles. The molecular formula is C20H17N5O. The number of aryl methyl sites for hydroxylation is 1. The van der Waals surface area contributed by atoms with E-state index in [0.717, 1.165) is 16.5 Å². The third-order valence-corrected chi connectivity index (χ3v) is 3.92. The van der Waals surface area contributed by atoms with Gasteiger partial charge in [-0.1, -0.05) is 36.4 Å². The van der Waals surface area contributed by atoms with E-state index in [0.29, 0.717) is 29.0 Å². The number of rotatable bonds is 4. The molecular weight excluding hydrogens is 326 g/mol. The molecule has 0 amide bonds. The van der Waals surface area contributed by atoms with Gasteiger partial charge in [0.15, 0.2) is 5.82 Å². The highest BCUT2D eigenvalue weighted by molar-refractivity contribution is 5.84. The lowest BCUT2D eigenvalue weighted by Crippen LogP contribution is -2.04. The van der Waals surface area contributed by atoms with Gasteiger partial charge in [-0.15, -0.1) is 0 Å². The first-order valence-corrected chi connectivity index (χ1v) is 8.17. The summed E-state index contributed by atoms with van der Waals surface area (Å²) in [6.07, 6.45) is 1.41. The molecule has 128 valence electrons. The topological polar surface area (TPSA) is 86.0 Å². The quantitative estimate of drug-likeness (QED) is 0.569. The summed E-state index contributed by atoms with van der Waals surface area (Å²) >= 11 is 0. The zero-order valence-electron chi connectivity index (χ0n) is 14.2. The van der Waals surface area contributed by atoms with Crippen LogP contribution >= 0.6 is 0 Å². The molecule has 0 saturated carbocycles. The van der Waals surface area contributed by atoms with Crippen molar-refractivity contribution in [2.75, 3.05) is 11.1 Å². The third kappa shape index (κ3) is 3.25. The number of nitrogen functional groups attached to an aromatic ring is 1. The minimum absolute atomic E-state index is 0.297. The van der Waals surface area contributed by atoms with Crippen molar-refractivity contribution in [2.45, 2.75) is 6.92 Å². The summed E-state index contributed by atoms with van der Waals surface area (Å²) in [4.78, 5) is 12.7. The molecule has 0 bridgehead atoms. The Hall–Kier alpha value is -3.67. The zero-order valence-corrected chi connectivity index (χ0v) is 14.2. The average molecular weight is 343 g/mol. The molecule has 26 heavy (non-hydrogen) atoms. The Balaban J connectivity index is 1.62. The lowest BCUT2D eigenvalue weighted by molar-refractivity contribution is 0.465. The first-order valence-electron chi connectivity index (χ1n) is 8.17. The van der Waals surface area contributed by atoms with Crippen molar-refractivity contribution in [3.63, 3.8) is 0 Å². The summed E-state index contributed by atoms with van der Waals surface area (Å²) in [6, 6.07) is 19.6. The van der Waals surface area contributed by atoms with E-state index in [1.165, 1.54) is 6.33 Å². The number of pyridine rings is 1. The Morgan fingerprint density at radius 1 is 0.923 bits per heavy atom. The Morgan fingerprint density at radius 3 is 2.62 bits per heavy atom. The highest BCUT2D eigenvalue weighted by atomic mass is 16.5. The van der Waals surface area contributed by atoms with Crippen LogP contribution in [0.1, 0.15) is 5.69 Å². The molecule has 0 saturated heterocycles. The Kier molecular flexibility index (Phi) is 4.07. The molecule has 4 aromatic rings. The van der Waals surface area contributed by atoms with Crippen molar-refractivity contribution in [3.8, 4) is 11.6 Å². The maximum absolute atomic E-state index is 6.19. The van der Waals surface area contributed by atoms with Gasteiger partial charge in [-0.25, -0.2) is 9.97 Å². The van der Waals surface area contributed by atoms with Crippen molar-refractivity contribution in [3.05, 3.63) is 72.7 Å². The van der Waals surface area contributed by atoms with E-state index in [2.05, 4.69) is 26.3 Å². The number of fused-ring (bicyclic) bond motifs is 1. The van der Waals surface area contributed by atoms with Gasteiger partial charge in [0.1, 0.15) is 23.6 Å². The summed E-state index contributed by atoms with van der Waals surface area (Å²) < 4.78 is 5.88. The number of hydrogen-bond donors (Lipinski definition) is 2. The first-order chi connectivity index (χ1) is 12.7. The Labute approximate surface area is 150 Å². The molecule has 0 radical (unpaired) electrons. The minimum Gasteiger partial charge on any atom is -0.437 e. The fraction of sp³-hybridized carbons (Fsp3) is 0.0500. The van der Waals surface area contributed by atoms with Crippen LogP contribution in [0.2, 0.25) is 0 Å². The van der Waals surface area contributed by atoms with Crippen LogP contribution in [0.15, 0.2) is 67.0 Å². The lowest BCUT2D eigenvalue weighted by Gasteiger charge is -2.12. The van der Waals surface area contributed by atoms with Crippen LogP contribution in [0, 0.1) is 6.92 Å². The van der Waals surface area contributed by atoms with Gasteiger partial charge in [-0.2, -0.15) is 4.98 Å². The zero-order chi connectivity index (χ0) is 17.9. The van der Waals surface area contributed by atoms with Crippen LogP contribution in [-0.2, 0) is 0 Å². The van der Waals surface area contributed by atoms with Crippen molar-refractivity contribution in [2.24, 2.45) is 0 Å². The molecule has 0 spiro atoms. The molecule has 0 atom stereocenters. The van der Waals surface area contributed by atoms with Gasteiger partial charge < -0.3 is 15.8 Å². The summed E-state index contributed by atoms with van der Waals surface area (Å²) in [5, 5.41) is 5.33. The van der Waals surface area contributed by atoms with Crippen molar-refractivity contribution >= 4 is 28.1 Å². The summed E-state index contributed by atoms with van der Waals surface area (Å²) in [6.45, 7) is 1.92. The van der Waals surface area contributed by atoms with Crippen LogP contribution in [0.5, 0.6) is 11.6 Å². The van der Waals surface area contributed by atoms with Crippen molar-refractivity contribution < 1.29 is 4.74 Å². The average Bonchev–Trinajstić information content (AvgIpc) is 2.65. The van der Waals surface area contributed by atoms with Crippen molar-refractivity contribution in [1.82, 2.24) is 15.0 Å². The lowest BCUT2D eigenvalue weighted by atomic mass is 10.1. The molecule has 0 aliphatic carbocycles. The number of benzene rings is 2. The van der Waals surface area contributed by atoms with E-state index < -0.39 is 0 Å². The van der Waals surface area contributed by atoms with Crippen LogP contribution < -0.4 is 15.8 Å². The number of aromatic nitrogens is 3. The van der Waals surface area contributed by atoms with E-state index >= 15 is 0 Å². The second-order valence-electron chi connectivity index (χ2n) is 5.84. The molecule has 4 rings (SSSR count). The Bertz CT molecular complexity index is 1080. The molecule has 6 nitrogen and oxygen atoms in total. The maximum atomic E-state index is 6.19. The molecule has 0 aliphatic rings. The maximum Gasteiger partial charge on any atom is 0.248 e. The number of anilines is 3. The number of nitrogens with two attached hydrogens (primary N) is 1. The van der Waals surface area contributed by atoms with Crippen LogP contribution in [0.4, 0.5) is 17.3 Å².